The summed E-state index contributed by atoms with van der Waals surface area (Å²) in [5.74, 6) is 0.101. The Hall–Kier alpha value is -0.610. The van der Waals surface area contributed by atoms with Crippen molar-refractivity contribution in [1.82, 2.24) is 5.32 Å². The zero-order chi connectivity index (χ0) is 11.5. The van der Waals surface area contributed by atoms with Crippen LogP contribution in [0.5, 0.6) is 0 Å². The monoisotopic (exact) mass is 217 g/mol. The average molecular weight is 217 g/mol. The van der Waals surface area contributed by atoms with Crippen LogP contribution in [0.15, 0.2) is 0 Å². The van der Waals surface area contributed by atoms with Gasteiger partial charge in [-0.2, -0.15) is 0 Å². The maximum atomic E-state index is 11.2. The van der Waals surface area contributed by atoms with Crippen LogP contribution in [0.4, 0.5) is 0 Å². The van der Waals surface area contributed by atoms with Crippen LogP contribution in [-0.2, 0) is 14.3 Å². The molecule has 15 heavy (non-hydrogen) atoms. The van der Waals surface area contributed by atoms with Crippen LogP contribution in [0.25, 0.3) is 0 Å². The molecule has 0 aromatic rings. The Bertz CT molecular complexity index is 162. The third kappa shape index (κ3) is 9.69. The Kier molecular flexibility index (Phi) is 9.52. The van der Waals surface area contributed by atoms with Crippen LogP contribution in [0.3, 0.4) is 0 Å². The number of ether oxygens (including phenoxy) is 2. The molecule has 0 radical (unpaired) electrons. The summed E-state index contributed by atoms with van der Waals surface area (Å²) in [5.41, 5.74) is 0. The van der Waals surface area contributed by atoms with E-state index in [4.69, 9.17) is 9.47 Å². The van der Waals surface area contributed by atoms with Crippen molar-refractivity contribution in [3.63, 3.8) is 0 Å². The van der Waals surface area contributed by atoms with Gasteiger partial charge in [-0.25, -0.2) is 0 Å². The van der Waals surface area contributed by atoms with Crippen molar-refractivity contribution >= 4 is 5.91 Å². The molecule has 0 heterocycles. The molecule has 0 aliphatic rings. The first-order valence-corrected chi connectivity index (χ1v) is 5.70. The fraction of sp³-hybridized carbons (Fsp3) is 0.909. The Labute approximate surface area is 92.3 Å². The van der Waals surface area contributed by atoms with Crippen molar-refractivity contribution in [2.24, 2.45) is 0 Å². The Morgan fingerprint density at radius 3 is 2.67 bits per heavy atom. The van der Waals surface area contributed by atoms with E-state index in [0.717, 1.165) is 12.8 Å². The highest BCUT2D eigenvalue weighted by molar-refractivity contribution is 5.75. The van der Waals surface area contributed by atoms with Crippen molar-refractivity contribution < 1.29 is 14.3 Å². The van der Waals surface area contributed by atoms with Crippen molar-refractivity contribution in [3.8, 4) is 0 Å². The summed E-state index contributed by atoms with van der Waals surface area (Å²) in [6, 6.07) is 0. The molecule has 0 aromatic heterocycles. The zero-order valence-corrected chi connectivity index (χ0v) is 10.0. The van der Waals surface area contributed by atoms with E-state index >= 15 is 0 Å². The molecular weight excluding hydrogens is 194 g/mol. The summed E-state index contributed by atoms with van der Waals surface area (Å²) < 4.78 is 10.5. The number of rotatable bonds is 9. The van der Waals surface area contributed by atoms with Crippen molar-refractivity contribution in [2.45, 2.75) is 46.3 Å². The quantitative estimate of drug-likeness (QED) is 0.472. The summed E-state index contributed by atoms with van der Waals surface area (Å²) in [5, 5.41) is 2.80. The topological polar surface area (TPSA) is 47.6 Å². The lowest BCUT2D eigenvalue weighted by molar-refractivity contribution is -0.130. The van der Waals surface area contributed by atoms with Gasteiger partial charge < -0.3 is 14.8 Å². The number of amides is 1. The highest BCUT2D eigenvalue weighted by Crippen LogP contribution is 1.94. The van der Waals surface area contributed by atoms with E-state index < -0.39 is 0 Å². The largest absolute Gasteiger partial charge is 0.354 e. The highest BCUT2D eigenvalue weighted by Gasteiger charge is 2.01. The molecule has 0 aliphatic heterocycles. The number of carbonyl (C=O) groups excluding carboxylic acids is 1. The van der Waals surface area contributed by atoms with E-state index in [9.17, 15) is 4.79 Å². The van der Waals surface area contributed by atoms with Gasteiger partial charge in [0.15, 0.2) is 6.29 Å². The van der Waals surface area contributed by atoms with E-state index in [0.29, 0.717) is 26.2 Å². The molecule has 4 nitrogen and oxygen atoms in total. The predicted molar refractivity (Wildman–Crippen MR) is 59.6 cm³/mol. The fourth-order valence-corrected chi connectivity index (χ4v) is 1.12. The Morgan fingerprint density at radius 2 is 2.07 bits per heavy atom. The summed E-state index contributed by atoms with van der Waals surface area (Å²) in [4.78, 5) is 11.2. The number of carbonyl (C=O) groups is 1. The number of nitrogens with one attached hydrogen (secondary N) is 1. The number of hydrogen-bond donors (Lipinski definition) is 1. The smallest absolute Gasteiger partial charge is 0.220 e. The van der Waals surface area contributed by atoms with E-state index in [1.54, 1.807) is 0 Å². The summed E-state index contributed by atoms with van der Waals surface area (Å²) in [6.45, 7) is 7.54. The van der Waals surface area contributed by atoms with Gasteiger partial charge in [0.2, 0.25) is 5.91 Å². The zero-order valence-electron chi connectivity index (χ0n) is 10.0. The SMILES string of the molecule is CCCCC(=O)NCCOC(C)OCC. The van der Waals surface area contributed by atoms with E-state index in [1.165, 1.54) is 0 Å². The number of unbranched alkanes of at least 4 members (excludes halogenated alkanes) is 1. The molecule has 0 fully saturated rings. The van der Waals surface area contributed by atoms with Crippen LogP contribution < -0.4 is 5.32 Å². The normalized spacial score (nSPS) is 12.5. The van der Waals surface area contributed by atoms with Crippen molar-refractivity contribution in [2.75, 3.05) is 19.8 Å². The lowest BCUT2D eigenvalue weighted by Gasteiger charge is -2.12. The van der Waals surface area contributed by atoms with E-state index in [1.807, 2.05) is 13.8 Å². The third-order valence-electron chi connectivity index (χ3n) is 1.94. The molecule has 1 atom stereocenters. The van der Waals surface area contributed by atoms with Crippen molar-refractivity contribution in [1.29, 1.82) is 0 Å². The molecule has 90 valence electrons. The standard InChI is InChI=1S/C11H23NO3/c1-4-6-7-11(13)12-8-9-15-10(3)14-5-2/h10H,4-9H2,1-3H3,(H,12,13). The van der Waals surface area contributed by atoms with Gasteiger partial charge in [-0.05, 0) is 20.3 Å². The predicted octanol–water partition coefficient (Wildman–Crippen LogP) is 1.69. The second-order valence-electron chi connectivity index (χ2n) is 3.35. The van der Waals surface area contributed by atoms with Crippen molar-refractivity contribution in [3.05, 3.63) is 0 Å². The lowest BCUT2D eigenvalue weighted by atomic mass is 10.2. The van der Waals surface area contributed by atoms with Gasteiger partial charge in [-0.15, -0.1) is 0 Å². The molecule has 1 N–H and O–H groups in total. The molecule has 1 amide bonds. The molecule has 0 aliphatic carbocycles. The summed E-state index contributed by atoms with van der Waals surface area (Å²) in [6.07, 6.45) is 2.41. The molecule has 0 aromatic carbocycles. The minimum absolute atomic E-state index is 0.101. The average Bonchev–Trinajstić information content (AvgIpc) is 2.22. The van der Waals surface area contributed by atoms with Crippen LogP contribution in [0, 0.1) is 0 Å². The van der Waals surface area contributed by atoms with Crippen LogP contribution in [0.2, 0.25) is 0 Å². The third-order valence-corrected chi connectivity index (χ3v) is 1.94. The summed E-state index contributed by atoms with van der Waals surface area (Å²) >= 11 is 0. The molecule has 0 bridgehead atoms. The van der Waals surface area contributed by atoms with Crippen LogP contribution in [-0.4, -0.2) is 32.0 Å². The Balaban J connectivity index is 3.26. The first-order chi connectivity index (χ1) is 7.20. The molecule has 0 saturated carbocycles. The molecule has 0 spiro atoms. The van der Waals surface area contributed by atoms with E-state index in [2.05, 4.69) is 12.2 Å². The molecule has 0 saturated heterocycles. The van der Waals surface area contributed by atoms with Gasteiger partial charge in [0.25, 0.3) is 0 Å². The number of hydrogen-bond acceptors (Lipinski definition) is 3. The first-order valence-electron chi connectivity index (χ1n) is 5.70. The van der Waals surface area contributed by atoms with Crippen LogP contribution >= 0.6 is 0 Å². The van der Waals surface area contributed by atoms with Gasteiger partial charge in [-0.1, -0.05) is 13.3 Å². The molecule has 1 unspecified atom stereocenters. The fourth-order valence-electron chi connectivity index (χ4n) is 1.12. The lowest BCUT2D eigenvalue weighted by Crippen LogP contribution is -2.28. The van der Waals surface area contributed by atoms with Gasteiger partial charge in [-0.3, -0.25) is 4.79 Å². The van der Waals surface area contributed by atoms with Gasteiger partial charge in [0, 0.05) is 19.6 Å². The maximum Gasteiger partial charge on any atom is 0.220 e. The first kappa shape index (κ1) is 14.4. The molecular formula is C11H23NO3. The summed E-state index contributed by atoms with van der Waals surface area (Å²) in [7, 11) is 0. The second kappa shape index (κ2) is 9.93. The molecule has 0 rings (SSSR count). The van der Waals surface area contributed by atoms with Gasteiger partial charge >= 0.3 is 0 Å². The minimum atomic E-state index is -0.192. The highest BCUT2D eigenvalue weighted by atomic mass is 16.7. The maximum absolute atomic E-state index is 11.2. The van der Waals surface area contributed by atoms with Crippen LogP contribution in [0.1, 0.15) is 40.0 Å². The van der Waals surface area contributed by atoms with E-state index in [-0.39, 0.29) is 12.2 Å². The Morgan fingerprint density at radius 1 is 1.33 bits per heavy atom. The minimum Gasteiger partial charge on any atom is -0.354 e. The van der Waals surface area contributed by atoms with Gasteiger partial charge in [0.1, 0.15) is 0 Å². The second-order valence-corrected chi connectivity index (χ2v) is 3.35. The van der Waals surface area contributed by atoms with Gasteiger partial charge in [0.05, 0.1) is 6.61 Å². The molecule has 4 heteroatoms.